The van der Waals surface area contributed by atoms with Crippen LogP contribution >= 0.6 is 15.9 Å². The Morgan fingerprint density at radius 3 is 2.75 bits per heavy atom. The molecule has 1 aromatic carbocycles. The number of likely N-dealkylation sites (tertiary alicyclic amines) is 1. The lowest BCUT2D eigenvalue weighted by atomic mass is 10.0. The van der Waals surface area contributed by atoms with Crippen LogP contribution in [-0.4, -0.2) is 41.6 Å². The predicted octanol–water partition coefficient (Wildman–Crippen LogP) is 2.76. The minimum Gasteiger partial charge on any atom is -0.507 e. The van der Waals surface area contributed by atoms with Gasteiger partial charge in [-0.05, 0) is 59.9 Å². The van der Waals surface area contributed by atoms with Crippen LogP contribution in [0.3, 0.4) is 0 Å². The van der Waals surface area contributed by atoms with Crippen molar-refractivity contribution in [1.82, 2.24) is 10.2 Å². The summed E-state index contributed by atoms with van der Waals surface area (Å²) in [5.74, 6) is -0.0165. The summed E-state index contributed by atoms with van der Waals surface area (Å²) in [6.07, 6.45) is 3.16. The second-order valence-electron chi connectivity index (χ2n) is 5.26. The normalized spacial score (nSPS) is 17.1. The fraction of sp³-hybridized carbons (Fsp3) is 0.533. The highest BCUT2D eigenvalue weighted by atomic mass is 79.9. The number of piperidine rings is 1. The van der Waals surface area contributed by atoms with Crippen molar-refractivity contribution in [3.63, 3.8) is 0 Å². The van der Waals surface area contributed by atoms with Crippen molar-refractivity contribution in [1.29, 1.82) is 0 Å². The van der Waals surface area contributed by atoms with E-state index in [1.54, 1.807) is 12.1 Å². The van der Waals surface area contributed by atoms with Gasteiger partial charge in [-0.15, -0.1) is 0 Å². The molecule has 1 heterocycles. The van der Waals surface area contributed by atoms with Gasteiger partial charge < -0.3 is 15.3 Å². The molecule has 2 N–H and O–H groups in total. The molecule has 0 aromatic heterocycles. The van der Waals surface area contributed by atoms with Crippen molar-refractivity contribution in [2.45, 2.75) is 32.2 Å². The Labute approximate surface area is 128 Å². The van der Waals surface area contributed by atoms with Gasteiger partial charge in [-0.1, -0.05) is 6.92 Å². The number of carbonyl (C=O) groups excluding carboxylic acids is 1. The van der Waals surface area contributed by atoms with E-state index in [0.717, 1.165) is 32.5 Å². The first kappa shape index (κ1) is 15.3. The molecule has 20 heavy (non-hydrogen) atoms. The number of amides is 1. The quantitative estimate of drug-likeness (QED) is 0.886. The molecule has 1 saturated heterocycles. The third-order valence-electron chi connectivity index (χ3n) is 3.67. The molecular formula is C15H21BrN2O2. The predicted molar refractivity (Wildman–Crippen MR) is 83.0 cm³/mol. The lowest BCUT2D eigenvalue weighted by Gasteiger charge is -2.32. The van der Waals surface area contributed by atoms with E-state index in [9.17, 15) is 9.90 Å². The molecule has 2 rings (SSSR count). The summed E-state index contributed by atoms with van der Waals surface area (Å²) in [6, 6.07) is 5.13. The fourth-order valence-corrected chi connectivity index (χ4v) is 2.79. The molecule has 1 aromatic rings. The van der Waals surface area contributed by atoms with Crippen molar-refractivity contribution < 1.29 is 9.90 Å². The zero-order valence-corrected chi connectivity index (χ0v) is 13.3. The third kappa shape index (κ3) is 3.96. The highest BCUT2D eigenvalue weighted by Crippen LogP contribution is 2.24. The molecule has 0 saturated carbocycles. The van der Waals surface area contributed by atoms with Crippen LogP contribution in [0, 0.1) is 0 Å². The van der Waals surface area contributed by atoms with Crippen LogP contribution in [0.4, 0.5) is 0 Å². The van der Waals surface area contributed by atoms with Gasteiger partial charge in [-0.2, -0.15) is 0 Å². The van der Waals surface area contributed by atoms with Gasteiger partial charge in [0.25, 0.3) is 5.91 Å². The summed E-state index contributed by atoms with van der Waals surface area (Å²) in [5.41, 5.74) is 0.502. The van der Waals surface area contributed by atoms with Gasteiger partial charge in [0, 0.05) is 24.7 Å². The van der Waals surface area contributed by atoms with Gasteiger partial charge in [0.2, 0.25) is 0 Å². The molecular weight excluding hydrogens is 320 g/mol. The van der Waals surface area contributed by atoms with Crippen molar-refractivity contribution in [3.05, 3.63) is 28.2 Å². The number of phenolic OH excluding ortho intramolecular Hbond substituents is 1. The molecule has 0 aliphatic carbocycles. The van der Waals surface area contributed by atoms with Crippen LogP contribution < -0.4 is 5.32 Å². The molecule has 0 radical (unpaired) electrons. The number of carbonyl (C=O) groups is 1. The largest absolute Gasteiger partial charge is 0.507 e. The first-order valence-corrected chi connectivity index (χ1v) is 7.91. The maximum Gasteiger partial charge on any atom is 0.251 e. The number of halogens is 1. The lowest BCUT2D eigenvalue weighted by Crippen LogP contribution is -2.44. The van der Waals surface area contributed by atoms with Crippen molar-refractivity contribution >= 4 is 21.8 Å². The molecule has 1 aliphatic rings. The number of rotatable bonds is 4. The summed E-state index contributed by atoms with van der Waals surface area (Å²) < 4.78 is 0.599. The monoisotopic (exact) mass is 340 g/mol. The number of phenols is 1. The van der Waals surface area contributed by atoms with Crippen LogP contribution in [0.15, 0.2) is 22.7 Å². The zero-order valence-electron chi connectivity index (χ0n) is 11.7. The Balaban J connectivity index is 1.87. The van der Waals surface area contributed by atoms with Crippen LogP contribution in [0.25, 0.3) is 0 Å². The van der Waals surface area contributed by atoms with Crippen molar-refractivity contribution in [3.8, 4) is 5.75 Å². The maximum absolute atomic E-state index is 12.1. The minimum absolute atomic E-state index is 0.0930. The average molecular weight is 341 g/mol. The zero-order chi connectivity index (χ0) is 14.5. The topological polar surface area (TPSA) is 52.6 Å². The smallest absolute Gasteiger partial charge is 0.251 e. The molecule has 110 valence electrons. The van der Waals surface area contributed by atoms with Gasteiger partial charge in [-0.25, -0.2) is 0 Å². The Kier molecular flexibility index (Phi) is 5.43. The first-order chi connectivity index (χ1) is 9.60. The minimum atomic E-state index is -0.109. The molecule has 0 spiro atoms. The van der Waals surface area contributed by atoms with Gasteiger partial charge in [0.15, 0.2) is 0 Å². The van der Waals surface area contributed by atoms with Gasteiger partial charge in [0.05, 0.1) is 4.47 Å². The molecule has 5 heteroatoms. The average Bonchev–Trinajstić information content (AvgIpc) is 2.44. The summed E-state index contributed by atoms with van der Waals surface area (Å²) in [4.78, 5) is 14.6. The van der Waals surface area contributed by atoms with Crippen LogP contribution in [0.2, 0.25) is 0 Å². The fourth-order valence-electron chi connectivity index (χ4n) is 2.54. The first-order valence-electron chi connectivity index (χ1n) is 7.12. The second kappa shape index (κ2) is 7.09. The van der Waals surface area contributed by atoms with Crippen molar-refractivity contribution in [2.24, 2.45) is 0 Å². The summed E-state index contributed by atoms with van der Waals surface area (Å²) in [5, 5.41) is 12.7. The number of hydrogen-bond acceptors (Lipinski definition) is 3. The van der Waals surface area contributed by atoms with E-state index in [0.29, 0.717) is 10.0 Å². The van der Waals surface area contributed by atoms with E-state index < -0.39 is 0 Å². The van der Waals surface area contributed by atoms with E-state index in [4.69, 9.17) is 0 Å². The van der Waals surface area contributed by atoms with E-state index >= 15 is 0 Å². The summed E-state index contributed by atoms with van der Waals surface area (Å²) in [7, 11) is 0. The van der Waals surface area contributed by atoms with E-state index in [1.165, 1.54) is 12.5 Å². The number of nitrogens with one attached hydrogen (secondary N) is 1. The van der Waals surface area contributed by atoms with E-state index in [-0.39, 0.29) is 17.7 Å². The molecule has 0 bridgehead atoms. The van der Waals surface area contributed by atoms with E-state index in [2.05, 4.69) is 33.1 Å². The Morgan fingerprint density at radius 1 is 1.45 bits per heavy atom. The Bertz CT molecular complexity index is 471. The summed E-state index contributed by atoms with van der Waals surface area (Å²) in [6.45, 7) is 5.42. The van der Waals surface area contributed by atoms with Crippen molar-refractivity contribution in [2.75, 3.05) is 19.6 Å². The van der Waals surface area contributed by atoms with Crippen LogP contribution in [0.5, 0.6) is 5.75 Å². The third-order valence-corrected chi connectivity index (χ3v) is 4.34. The highest BCUT2D eigenvalue weighted by molar-refractivity contribution is 9.10. The van der Waals surface area contributed by atoms with E-state index in [1.807, 2.05) is 0 Å². The van der Waals surface area contributed by atoms with Gasteiger partial charge >= 0.3 is 0 Å². The number of aromatic hydroxyl groups is 1. The van der Waals surface area contributed by atoms with Crippen LogP contribution in [0.1, 0.15) is 36.5 Å². The maximum atomic E-state index is 12.1. The SMILES string of the molecule is CCCN1CCC(NC(=O)c2ccc(Br)c(O)c2)CC1. The Morgan fingerprint density at radius 2 is 2.15 bits per heavy atom. The molecule has 0 atom stereocenters. The Hall–Kier alpha value is -1.07. The molecule has 4 nitrogen and oxygen atoms in total. The number of hydrogen-bond donors (Lipinski definition) is 2. The summed E-state index contributed by atoms with van der Waals surface area (Å²) >= 11 is 3.21. The lowest BCUT2D eigenvalue weighted by molar-refractivity contribution is 0.0910. The molecule has 0 unspecified atom stereocenters. The number of benzene rings is 1. The second-order valence-corrected chi connectivity index (χ2v) is 6.11. The highest BCUT2D eigenvalue weighted by Gasteiger charge is 2.20. The molecule has 1 fully saturated rings. The van der Waals surface area contributed by atoms with Crippen LogP contribution in [-0.2, 0) is 0 Å². The number of nitrogens with zero attached hydrogens (tertiary/aromatic N) is 1. The standard InChI is InChI=1S/C15H21BrN2O2/c1-2-7-18-8-5-12(6-9-18)17-15(20)11-3-4-13(16)14(19)10-11/h3-4,10,12,19H,2,5-9H2,1H3,(H,17,20). The van der Waals surface area contributed by atoms with Gasteiger partial charge in [0.1, 0.15) is 5.75 Å². The molecule has 1 amide bonds. The van der Waals surface area contributed by atoms with Gasteiger partial charge in [-0.3, -0.25) is 4.79 Å². The molecule has 1 aliphatic heterocycles.